The second-order valence-corrected chi connectivity index (χ2v) is 6.91. The highest BCUT2D eigenvalue weighted by Gasteiger charge is 2.36. The zero-order chi connectivity index (χ0) is 20.0. The van der Waals surface area contributed by atoms with Crippen LogP contribution in [0.5, 0.6) is 11.5 Å². The number of hydrogen-bond acceptors (Lipinski definition) is 7. The predicted octanol–water partition coefficient (Wildman–Crippen LogP) is 3.27. The van der Waals surface area contributed by atoms with Crippen molar-refractivity contribution in [1.29, 1.82) is 0 Å². The van der Waals surface area contributed by atoms with Crippen LogP contribution in [0.3, 0.4) is 0 Å². The average molecular weight is 380 g/mol. The van der Waals surface area contributed by atoms with Crippen molar-refractivity contribution < 1.29 is 33.3 Å². The van der Waals surface area contributed by atoms with E-state index in [-0.39, 0.29) is 18.5 Å². The van der Waals surface area contributed by atoms with Gasteiger partial charge in [-0.3, -0.25) is 4.79 Å². The van der Waals surface area contributed by atoms with Gasteiger partial charge in [0, 0.05) is 47.0 Å². The number of Topliss-reactive ketones (excluding diaryl/α,β-unsaturated/α-hetero) is 1. The van der Waals surface area contributed by atoms with E-state index in [9.17, 15) is 9.59 Å². The van der Waals surface area contributed by atoms with Crippen LogP contribution in [0, 0.1) is 0 Å². The van der Waals surface area contributed by atoms with Gasteiger partial charge in [0.05, 0.1) is 7.11 Å². The standard InChI is InChI=1S/C20H28O7/c1-20(2)26-16-12-15(23-3)11-13(18(16)19(22)27-20)10-14(21)8-6-7-9-17(24-4)25-5/h11-12,17H,6-10H2,1-5H3. The van der Waals surface area contributed by atoms with Crippen molar-refractivity contribution in [2.24, 2.45) is 0 Å². The first kappa shape index (κ1) is 21.2. The van der Waals surface area contributed by atoms with E-state index in [4.69, 9.17) is 23.7 Å². The van der Waals surface area contributed by atoms with Gasteiger partial charge < -0.3 is 23.7 Å². The second-order valence-electron chi connectivity index (χ2n) is 6.91. The zero-order valence-corrected chi connectivity index (χ0v) is 16.6. The van der Waals surface area contributed by atoms with Crippen LogP contribution in [-0.2, 0) is 25.4 Å². The molecule has 1 aromatic carbocycles. The molecule has 0 fully saturated rings. The SMILES string of the molecule is COc1cc(CC(=O)CCCCC(OC)OC)c2c(c1)OC(C)(C)OC2=O. The second kappa shape index (κ2) is 9.19. The van der Waals surface area contributed by atoms with Gasteiger partial charge in [0.15, 0.2) is 6.29 Å². The molecular formula is C20H28O7. The Balaban J connectivity index is 2.05. The first-order valence-corrected chi connectivity index (χ1v) is 9.00. The van der Waals surface area contributed by atoms with E-state index in [1.54, 1.807) is 40.2 Å². The summed E-state index contributed by atoms with van der Waals surface area (Å²) in [4.78, 5) is 24.8. The van der Waals surface area contributed by atoms with Crippen LogP contribution in [0.4, 0.5) is 0 Å². The van der Waals surface area contributed by atoms with Gasteiger partial charge in [0.1, 0.15) is 22.8 Å². The van der Waals surface area contributed by atoms with Crippen molar-refractivity contribution in [3.05, 3.63) is 23.3 Å². The minimum absolute atomic E-state index is 0.0365. The molecule has 0 spiro atoms. The van der Waals surface area contributed by atoms with Crippen molar-refractivity contribution in [2.75, 3.05) is 21.3 Å². The molecule has 0 atom stereocenters. The van der Waals surface area contributed by atoms with Crippen LogP contribution >= 0.6 is 0 Å². The number of ketones is 1. The summed E-state index contributed by atoms with van der Waals surface area (Å²) in [5.41, 5.74) is 0.851. The number of esters is 1. The van der Waals surface area contributed by atoms with Crippen LogP contribution in [0.1, 0.15) is 55.5 Å². The molecule has 0 saturated carbocycles. The third kappa shape index (κ3) is 5.68. The first-order valence-electron chi connectivity index (χ1n) is 9.00. The Labute approximate surface area is 159 Å². The summed E-state index contributed by atoms with van der Waals surface area (Å²) < 4.78 is 26.6. The highest BCUT2D eigenvalue weighted by atomic mass is 16.7. The number of cyclic esters (lactones) is 1. The van der Waals surface area contributed by atoms with Gasteiger partial charge in [0.25, 0.3) is 0 Å². The molecule has 2 rings (SSSR count). The zero-order valence-electron chi connectivity index (χ0n) is 16.6. The van der Waals surface area contributed by atoms with E-state index in [1.807, 2.05) is 0 Å². The Hall–Kier alpha value is -2.12. The van der Waals surface area contributed by atoms with Crippen LogP contribution < -0.4 is 9.47 Å². The normalized spacial score (nSPS) is 15.1. The van der Waals surface area contributed by atoms with E-state index in [0.717, 1.165) is 19.3 Å². The van der Waals surface area contributed by atoms with Crippen molar-refractivity contribution in [2.45, 2.75) is 58.0 Å². The number of ether oxygens (including phenoxy) is 5. The summed E-state index contributed by atoms with van der Waals surface area (Å²) in [5, 5.41) is 0. The molecule has 0 aliphatic carbocycles. The Kier molecular flexibility index (Phi) is 7.21. The van der Waals surface area contributed by atoms with Crippen LogP contribution in [0.25, 0.3) is 0 Å². The van der Waals surface area contributed by atoms with Crippen LogP contribution in [-0.4, -0.2) is 45.2 Å². The molecule has 0 saturated heterocycles. The largest absolute Gasteiger partial charge is 0.497 e. The lowest BCUT2D eigenvalue weighted by Gasteiger charge is -2.32. The van der Waals surface area contributed by atoms with E-state index in [0.29, 0.717) is 29.0 Å². The average Bonchev–Trinajstić information content (AvgIpc) is 2.60. The van der Waals surface area contributed by atoms with E-state index in [1.165, 1.54) is 7.11 Å². The van der Waals surface area contributed by atoms with E-state index < -0.39 is 11.8 Å². The number of fused-ring (bicyclic) bond motifs is 1. The Morgan fingerprint density at radius 3 is 2.44 bits per heavy atom. The molecule has 27 heavy (non-hydrogen) atoms. The molecule has 0 N–H and O–H groups in total. The fourth-order valence-corrected chi connectivity index (χ4v) is 3.04. The van der Waals surface area contributed by atoms with Crippen molar-refractivity contribution in [3.63, 3.8) is 0 Å². The predicted molar refractivity (Wildman–Crippen MR) is 98.1 cm³/mol. The molecule has 0 amide bonds. The highest BCUT2D eigenvalue weighted by molar-refractivity contribution is 5.97. The number of hydrogen-bond donors (Lipinski definition) is 0. The molecule has 1 aliphatic rings. The van der Waals surface area contributed by atoms with Gasteiger partial charge in [0.2, 0.25) is 5.79 Å². The van der Waals surface area contributed by atoms with Gasteiger partial charge >= 0.3 is 5.97 Å². The number of methoxy groups -OCH3 is 3. The molecule has 1 aliphatic heterocycles. The maximum atomic E-state index is 12.4. The van der Waals surface area contributed by atoms with E-state index in [2.05, 4.69) is 0 Å². The molecule has 1 heterocycles. The fourth-order valence-electron chi connectivity index (χ4n) is 3.04. The molecule has 0 radical (unpaired) electrons. The third-order valence-electron chi connectivity index (χ3n) is 4.35. The molecule has 7 heteroatoms. The van der Waals surface area contributed by atoms with Gasteiger partial charge in [-0.2, -0.15) is 0 Å². The Morgan fingerprint density at radius 1 is 1.11 bits per heavy atom. The van der Waals surface area contributed by atoms with Gasteiger partial charge in [-0.25, -0.2) is 4.79 Å². The maximum absolute atomic E-state index is 12.4. The van der Waals surface area contributed by atoms with E-state index >= 15 is 0 Å². The molecular weight excluding hydrogens is 352 g/mol. The van der Waals surface area contributed by atoms with Crippen LogP contribution in [0.2, 0.25) is 0 Å². The summed E-state index contributed by atoms with van der Waals surface area (Å²) >= 11 is 0. The number of unbranched alkanes of at least 4 members (excludes halogenated alkanes) is 1. The summed E-state index contributed by atoms with van der Waals surface area (Å²) in [6.45, 7) is 3.32. The molecule has 0 bridgehead atoms. The first-order chi connectivity index (χ1) is 12.8. The number of benzene rings is 1. The number of rotatable bonds is 10. The van der Waals surface area contributed by atoms with Gasteiger partial charge in [-0.05, 0) is 30.9 Å². The summed E-state index contributed by atoms with van der Waals surface area (Å²) in [7, 11) is 4.71. The molecule has 0 unspecified atom stereocenters. The van der Waals surface area contributed by atoms with Crippen molar-refractivity contribution in [3.8, 4) is 11.5 Å². The minimum atomic E-state index is -1.06. The lowest BCUT2D eigenvalue weighted by atomic mass is 9.97. The fraction of sp³-hybridized carbons (Fsp3) is 0.600. The smallest absolute Gasteiger partial charge is 0.345 e. The van der Waals surface area contributed by atoms with Crippen LogP contribution in [0.15, 0.2) is 12.1 Å². The minimum Gasteiger partial charge on any atom is -0.497 e. The monoisotopic (exact) mass is 380 g/mol. The molecule has 150 valence electrons. The van der Waals surface area contributed by atoms with Crippen molar-refractivity contribution in [1.82, 2.24) is 0 Å². The third-order valence-corrected chi connectivity index (χ3v) is 4.35. The Bertz CT molecular complexity index is 677. The quantitative estimate of drug-likeness (QED) is 0.350. The highest BCUT2D eigenvalue weighted by Crippen LogP contribution is 2.37. The van der Waals surface area contributed by atoms with Gasteiger partial charge in [-0.15, -0.1) is 0 Å². The topological polar surface area (TPSA) is 80.3 Å². The summed E-state index contributed by atoms with van der Waals surface area (Å²) in [6.07, 6.45) is 2.55. The maximum Gasteiger partial charge on any atom is 0.345 e. The summed E-state index contributed by atoms with van der Waals surface area (Å²) in [6, 6.07) is 3.33. The van der Waals surface area contributed by atoms with Gasteiger partial charge in [-0.1, -0.05) is 0 Å². The molecule has 7 nitrogen and oxygen atoms in total. The molecule has 1 aromatic rings. The number of carbonyl (C=O) groups excluding carboxylic acids is 2. The van der Waals surface area contributed by atoms with Crippen molar-refractivity contribution >= 4 is 11.8 Å². The number of carbonyl (C=O) groups is 2. The lowest BCUT2D eigenvalue weighted by molar-refractivity contribution is -0.127. The summed E-state index contributed by atoms with van der Waals surface area (Å²) in [5.74, 6) is -0.604. The Morgan fingerprint density at radius 2 is 1.81 bits per heavy atom. The lowest BCUT2D eigenvalue weighted by Crippen LogP contribution is -2.39. The molecule has 0 aromatic heterocycles.